The summed E-state index contributed by atoms with van der Waals surface area (Å²) in [5.74, 6) is -1.21. The van der Waals surface area contributed by atoms with E-state index in [9.17, 15) is 14.4 Å². The summed E-state index contributed by atoms with van der Waals surface area (Å²) in [6, 6.07) is 22.9. The molecule has 3 aromatic rings. The lowest BCUT2D eigenvalue weighted by atomic mass is 9.98. The number of anilines is 1. The Morgan fingerprint density at radius 2 is 1.60 bits per heavy atom. The molecule has 35 heavy (non-hydrogen) atoms. The normalized spacial score (nSPS) is 12.8. The van der Waals surface area contributed by atoms with Crippen molar-refractivity contribution in [2.45, 2.75) is 25.7 Å². The molecule has 0 bridgehead atoms. The number of carbonyl (C=O) groups excluding carboxylic acids is 2. The minimum Gasteiger partial charge on any atom is -0.481 e. The molecule has 1 aliphatic rings. The number of hydrogen-bond donors (Lipinski definition) is 3. The van der Waals surface area contributed by atoms with Crippen LogP contribution in [0.5, 0.6) is 0 Å². The van der Waals surface area contributed by atoms with Gasteiger partial charge in [0.05, 0.1) is 0 Å². The number of hydrogen-bond acceptors (Lipinski definition) is 4. The molecule has 3 N–H and O–H groups in total. The number of fused-ring (bicyclic) bond motifs is 3. The minimum atomic E-state index is -0.851. The number of carboxylic acids is 1. The Kier molecular flexibility index (Phi) is 7.45. The zero-order valence-corrected chi connectivity index (χ0v) is 19.5. The summed E-state index contributed by atoms with van der Waals surface area (Å²) in [6.45, 7) is 2.41. The molecule has 0 aliphatic heterocycles. The molecule has 3 aromatic carbocycles. The molecule has 0 aromatic heterocycles. The minimum absolute atomic E-state index is 0.0330. The first-order valence-electron chi connectivity index (χ1n) is 11.6. The van der Waals surface area contributed by atoms with Gasteiger partial charge in [0, 0.05) is 30.1 Å². The highest BCUT2D eigenvalue weighted by molar-refractivity contribution is 5.96. The highest BCUT2D eigenvalue weighted by atomic mass is 16.5. The van der Waals surface area contributed by atoms with Crippen molar-refractivity contribution in [1.29, 1.82) is 0 Å². The molecule has 0 fully saturated rings. The van der Waals surface area contributed by atoms with Gasteiger partial charge in [-0.3, -0.25) is 14.9 Å². The maximum atomic E-state index is 12.5. The Labute approximate surface area is 204 Å². The van der Waals surface area contributed by atoms with Gasteiger partial charge in [-0.05, 0) is 52.8 Å². The number of benzene rings is 3. The van der Waals surface area contributed by atoms with Gasteiger partial charge in [-0.2, -0.15) is 0 Å². The van der Waals surface area contributed by atoms with E-state index in [-0.39, 0.29) is 30.8 Å². The van der Waals surface area contributed by atoms with Crippen molar-refractivity contribution in [3.63, 3.8) is 0 Å². The number of rotatable bonds is 9. The van der Waals surface area contributed by atoms with Crippen molar-refractivity contribution in [3.8, 4) is 11.1 Å². The molecule has 0 heterocycles. The molecule has 180 valence electrons. The van der Waals surface area contributed by atoms with Crippen LogP contribution in [-0.2, 0) is 9.53 Å². The third-order valence-corrected chi connectivity index (χ3v) is 6.16. The quantitative estimate of drug-likeness (QED) is 0.393. The summed E-state index contributed by atoms with van der Waals surface area (Å²) >= 11 is 0. The van der Waals surface area contributed by atoms with Crippen LogP contribution in [0.3, 0.4) is 0 Å². The molecule has 1 aliphatic carbocycles. The second-order valence-corrected chi connectivity index (χ2v) is 8.78. The lowest BCUT2D eigenvalue weighted by Gasteiger charge is -2.15. The number of nitrogens with one attached hydrogen (secondary N) is 2. The highest BCUT2D eigenvalue weighted by Gasteiger charge is 2.29. The predicted molar refractivity (Wildman–Crippen MR) is 134 cm³/mol. The van der Waals surface area contributed by atoms with Gasteiger partial charge in [-0.25, -0.2) is 4.79 Å². The molecule has 4 rings (SSSR count). The van der Waals surface area contributed by atoms with Crippen LogP contribution in [-0.4, -0.2) is 36.2 Å². The van der Waals surface area contributed by atoms with E-state index >= 15 is 0 Å². The van der Waals surface area contributed by atoms with Crippen LogP contribution < -0.4 is 10.6 Å². The molecular formula is C28H28N2O5. The summed E-state index contributed by atoms with van der Waals surface area (Å²) in [7, 11) is 0. The third kappa shape index (κ3) is 5.87. The fourth-order valence-corrected chi connectivity index (χ4v) is 4.42. The van der Waals surface area contributed by atoms with Crippen LogP contribution in [0.1, 0.15) is 47.2 Å². The number of aliphatic carboxylic acids is 1. The summed E-state index contributed by atoms with van der Waals surface area (Å²) in [5, 5.41) is 14.3. The van der Waals surface area contributed by atoms with Crippen LogP contribution in [0, 0.1) is 5.92 Å². The maximum Gasteiger partial charge on any atom is 0.411 e. The maximum absolute atomic E-state index is 12.5. The summed E-state index contributed by atoms with van der Waals surface area (Å²) in [6.07, 6.45) is 0.0393. The standard InChI is InChI=1S/C28H28N2O5/c1-18(15-26(31)32)13-14-29-27(33)19-7-6-8-20(16-19)30-28(34)35-17-25-23-11-4-2-9-21(23)22-10-3-5-12-24(22)25/h2-12,16,18,25H,13-15,17H2,1H3,(H,29,33)(H,30,34)(H,31,32). The first-order chi connectivity index (χ1) is 16.9. The molecule has 7 nitrogen and oxygen atoms in total. The lowest BCUT2D eigenvalue weighted by Crippen LogP contribution is -2.26. The zero-order valence-electron chi connectivity index (χ0n) is 19.5. The summed E-state index contributed by atoms with van der Waals surface area (Å²) in [4.78, 5) is 35.7. The van der Waals surface area contributed by atoms with E-state index < -0.39 is 12.1 Å². The van der Waals surface area contributed by atoms with Crippen LogP contribution in [0.25, 0.3) is 11.1 Å². The number of carboxylic acid groups (broad SMARTS) is 1. The van der Waals surface area contributed by atoms with Gasteiger partial charge in [0.25, 0.3) is 5.91 Å². The Balaban J connectivity index is 1.32. The average molecular weight is 473 g/mol. The van der Waals surface area contributed by atoms with Crippen LogP contribution in [0.2, 0.25) is 0 Å². The average Bonchev–Trinajstić information content (AvgIpc) is 3.16. The Morgan fingerprint density at radius 3 is 2.26 bits per heavy atom. The molecule has 2 amide bonds. The molecule has 0 spiro atoms. The lowest BCUT2D eigenvalue weighted by molar-refractivity contribution is -0.138. The Hall–Kier alpha value is -4.13. The first kappa shape index (κ1) is 24.0. The van der Waals surface area contributed by atoms with E-state index in [0.717, 1.165) is 22.3 Å². The molecule has 1 unspecified atom stereocenters. The SMILES string of the molecule is CC(CCNC(=O)c1cccc(NC(=O)OCC2c3ccccc3-c3ccccc32)c1)CC(=O)O. The monoisotopic (exact) mass is 472 g/mol. The van der Waals surface area contributed by atoms with Gasteiger partial charge >= 0.3 is 12.1 Å². The molecular weight excluding hydrogens is 444 g/mol. The van der Waals surface area contributed by atoms with Crippen LogP contribution >= 0.6 is 0 Å². The molecule has 0 saturated heterocycles. The number of ether oxygens (including phenoxy) is 1. The predicted octanol–water partition coefficient (Wildman–Crippen LogP) is 5.28. The molecule has 1 atom stereocenters. The second-order valence-electron chi connectivity index (χ2n) is 8.78. The van der Waals surface area contributed by atoms with E-state index in [1.165, 1.54) is 0 Å². The smallest absolute Gasteiger partial charge is 0.411 e. The van der Waals surface area contributed by atoms with Crippen molar-refractivity contribution in [1.82, 2.24) is 5.32 Å². The van der Waals surface area contributed by atoms with Crippen molar-refractivity contribution >= 4 is 23.7 Å². The largest absolute Gasteiger partial charge is 0.481 e. The van der Waals surface area contributed by atoms with Gasteiger partial charge in [0.2, 0.25) is 0 Å². The van der Waals surface area contributed by atoms with Crippen molar-refractivity contribution in [2.75, 3.05) is 18.5 Å². The second kappa shape index (κ2) is 10.9. The van der Waals surface area contributed by atoms with Crippen molar-refractivity contribution in [3.05, 3.63) is 89.5 Å². The van der Waals surface area contributed by atoms with Gasteiger partial charge in [0.15, 0.2) is 0 Å². The summed E-state index contributed by atoms with van der Waals surface area (Å²) < 4.78 is 5.57. The number of carbonyl (C=O) groups is 3. The van der Waals surface area contributed by atoms with Crippen molar-refractivity contribution in [2.24, 2.45) is 5.92 Å². The topological polar surface area (TPSA) is 105 Å². The molecule has 0 saturated carbocycles. The summed E-state index contributed by atoms with van der Waals surface area (Å²) in [5.41, 5.74) is 5.44. The van der Waals surface area contributed by atoms with Gasteiger partial charge in [-0.1, -0.05) is 61.5 Å². The van der Waals surface area contributed by atoms with Crippen LogP contribution in [0.15, 0.2) is 72.8 Å². The highest BCUT2D eigenvalue weighted by Crippen LogP contribution is 2.44. The van der Waals surface area contributed by atoms with E-state index in [1.807, 2.05) is 31.2 Å². The third-order valence-electron chi connectivity index (χ3n) is 6.16. The Bertz CT molecular complexity index is 1190. The fourth-order valence-electron chi connectivity index (χ4n) is 4.42. The molecule has 0 radical (unpaired) electrons. The fraction of sp³-hybridized carbons (Fsp3) is 0.250. The zero-order chi connectivity index (χ0) is 24.8. The van der Waals surface area contributed by atoms with Crippen molar-refractivity contribution < 1.29 is 24.2 Å². The van der Waals surface area contributed by atoms with E-state index in [0.29, 0.717) is 24.2 Å². The van der Waals surface area contributed by atoms with Gasteiger partial charge in [0.1, 0.15) is 6.61 Å². The Morgan fingerprint density at radius 1 is 0.943 bits per heavy atom. The van der Waals surface area contributed by atoms with E-state index in [2.05, 4.69) is 34.9 Å². The van der Waals surface area contributed by atoms with Crippen LogP contribution in [0.4, 0.5) is 10.5 Å². The molecule has 7 heteroatoms. The number of amides is 2. The van der Waals surface area contributed by atoms with E-state index in [4.69, 9.17) is 9.84 Å². The van der Waals surface area contributed by atoms with Gasteiger partial charge < -0.3 is 15.2 Å². The first-order valence-corrected chi connectivity index (χ1v) is 11.6. The van der Waals surface area contributed by atoms with Gasteiger partial charge in [-0.15, -0.1) is 0 Å². The van der Waals surface area contributed by atoms with E-state index in [1.54, 1.807) is 24.3 Å².